The summed E-state index contributed by atoms with van der Waals surface area (Å²) in [5.74, 6) is -5.31. The number of likely N-dealkylation sites (tertiary alicyclic amines) is 2. The van der Waals surface area contributed by atoms with Gasteiger partial charge in [-0.15, -0.1) is 0 Å². The van der Waals surface area contributed by atoms with Crippen molar-refractivity contribution in [1.29, 1.82) is 0 Å². The van der Waals surface area contributed by atoms with Crippen molar-refractivity contribution in [3.63, 3.8) is 0 Å². The molecule has 2 fully saturated rings. The highest BCUT2D eigenvalue weighted by molar-refractivity contribution is 5.99. The summed E-state index contributed by atoms with van der Waals surface area (Å²) in [6, 6.07) is 9.83. The fourth-order valence-corrected chi connectivity index (χ4v) is 13.5. The number of nitrogens with two attached hydrogens (primary N) is 1. The lowest BCUT2D eigenvalue weighted by molar-refractivity contribution is -0.148. The van der Waals surface area contributed by atoms with E-state index in [1.807, 2.05) is 105 Å². The third-order valence-corrected chi connectivity index (χ3v) is 19.1. The summed E-state index contributed by atoms with van der Waals surface area (Å²) in [5, 5.41) is 22.7. The zero-order valence-corrected chi connectivity index (χ0v) is 61.1. The summed E-state index contributed by atoms with van der Waals surface area (Å²) in [5.41, 5.74) is 7.31. The summed E-state index contributed by atoms with van der Waals surface area (Å²) < 4.78 is 12.2. The minimum absolute atomic E-state index is 0.00389. The van der Waals surface area contributed by atoms with Crippen molar-refractivity contribution in [3.05, 3.63) is 65.7 Å². The predicted molar refractivity (Wildman–Crippen MR) is 376 cm³/mol. The highest BCUT2D eigenvalue weighted by Crippen LogP contribution is 2.31. The van der Waals surface area contributed by atoms with Crippen molar-refractivity contribution in [2.24, 2.45) is 41.2 Å². The Morgan fingerprint density at radius 3 is 1.87 bits per heavy atom. The van der Waals surface area contributed by atoms with Gasteiger partial charge in [-0.3, -0.25) is 52.8 Å². The van der Waals surface area contributed by atoms with E-state index in [-0.39, 0.29) is 111 Å². The van der Waals surface area contributed by atoms with Crippen LogP contribution in [-0.2, 0) is 70.3 Å². The lowest BCUT2D eigenvalue weighted by atomic mass is 9.89. The summed E-state index contributed by atoms with van der Waals surface area (Å²) >= 11 is 0. The molecule has 4 rings (SSSR count). The van der Waals surface area contributed by atoms with Gasteiger partial charge < -0.3 is 72.4 Å². The number of urea groups is 1. The van der Waals surface area contributed by atoms with Crippen LogP contribution in [0, 0.1) is 35.5 Å². The number of rotatable bonds is 39. The molecule has 0 aromatic heterocycles. The van der Waals surface area contributed by atoms with E-state index in [1.165, 1.54) is 14.2 Å². The van der Waals surface area contributed by atoms with Crippen molar-refractivity contribution in [1.82, 2.24) is 56.8 Å². The van der Waals surface area contributed by atoms with Gasteiger partial charge in [0.25, 0.3) is 0 Å². The first-order valence-electron chi connectivity index (χ1n) is 35.2. The Morgan fingerprint density at radius 2 is 1.30 bits per heavy atom. The second-order valence-corrected chi connectivity index (χ2v) is 27.8. The van der Waals surface area contributed by atoms with Crippen molar-refractivity contribution in [3.8, 4) is 0 Å². The van der Waals surface area contributed by atoms with Crippen molar-refractivity contribution in [2.75, 3.05) is 73.4 Å². The SMILES string of the molecule is CCNC(=O)C1CCN(C(=O)CCC(=O)N[C@H](C(=O)N[C@@H](CCCNC(N)=O)C(=O)Nc2ccc(CCNC(=O)[C@H](Cc3ccccc3)NC(=O)[C@H](C)[C@@H](OC)[C@@H]3CCCN3C(=O)C[C@@H](OC)[C@H]([C@@H](C)CC)N(C)C(=O)[C@@H](NC(=O)[C@H](C(C)C)N(C)C)C(C)C)cc2)C(C)C)C(C)C1. The summed E-state index contributed by atoms with van der Waals surface area (Å²) in [6.45, 7) is 22.3. The van der Waals surface area contributed by atoms with Gasteiger partial charge in [0.05, 0.1) is 42.7 Å². The zero-order chi connectivity index (χ0) is 73.1. The smallest absolute Gasteiger partial charge is 0.312 e. The topological polar surface area (TPSA) is 341 Å². The molecule has 2 aromatic carbocycles. The molecule has 2 aliphatic rings. The average molecular weight is 1370 g/mol. The molecule has 2 unspecified atom stereocenters. The van der Waals surface area contributed by atoms with E-state index in [2.05, 4.69) is 42.5 Å². The molecule has 2 aromatic rings. The standard InChI is InChI=1S/C72H117N13O13/c1-17-46(9)63(83(14)71(95)61(44(5)6)81-70(94)62(45(7)8)82(12)13)56(97-15)42-59(88)85-38-23-27-55(85)64(98-16)48(11)65(89)79-54(41-50-24-20-19-21-25-50)67(91)75-37-34-49-28-30-52(31-29-49)77-68(92)53(26-22-36-76-72(73)96)78-69(93)60(43(3)4)80-57(86)32-33-58(87)84-39-35-51(40-47(84)10)66(90)74-18-2/h19-21,24-25,28-31,43-48,51,53-56,60-64H,17-18,22-23,26-27,32-42H2,1-16H3,(H,74,90)(H,75,91)(H,77,92)(H,78,93)(H,79,89)(H,80,86)(H,81,94)(H3,73,76,96)/t46-,47?,48+,51?,53-,54-,55-,56+,60-,61-,62-,63-,64+/m0/s1. The number of primary amides is 1. The first-order chi connectivity index (χ1) is 46.4. The number of likely N-dealkylation sites (N-methyl/N-ethyl adjacent to an activating group) is 2. The van der Waals surface area contributed by atoms with E-state index in [9.17, 15) is 52.7 Å². The van der Waals surface area contributed by atoms with Crippen molar-refractivity contribution >= 4 is 70.8 Å². The molecule has 26 heteroatoms. The van der Waals surface area contributed by atoms with Gasteiger partial charge >= 0.3 is 6.03 Å². The van der Waals surface area contributed by atoms with E-state index >= 15 is 0 Å². The minimum Gasteiger partial charge on any atom is -0.379 e. The monoisotopic (exact) mass is 1370 g/mol. The summed E-state index contributed by atoms with van der Waals surface area (Å²) in [6.07, 6.45) is 2.04. The molecule has 0 aliphatic carbocycles. The lowest BCUT2D eigenvalue weighted by Crippen LogP contribution is -2.59. The van der Waals surface area contributed by atoms with Gasteiger partial charge in [-0.2, -0.15) is 0 Å². The Morgan fingerprint density at radius 1 is 0.643 bits per heavy atom. The fraction of sp³-hybridized carbons (Fsp3) is 0.681. The molecule has 10 N–H and O–H groups in total. The van der Waals surface area contributed by atoms with Gasteiger partial charge in [0.2, 0.25) is 59.1 Å². The lowest BCUT2D eigenvalue weighted by Gasteiger charge is -2.41. The molecule has 0 bridgehead atoms. The molecule has 13 atom stereocenters. The molecular weight excluding hydrogens is 1250 g/mol. The largest absolute Gasteiger partial charge is 0.379 e. The molecule has 0 spiro atoms. The molecule has 0 saturated carbocycles. The quantitative estimate of drug-likeness (QED) is 0.0422. The number of benzene rings is 2. The number of carbonyl (C=O) groups excluding carboxylic acids is 11. The number of nitrogens with zero attached hydrogens (tertiary/aromatic N) is 4. The van der Waals surface area contributed by atoms with E-state index < -0.39 is 102 Å². The third kappa shape index (κ3) is 24.9. The van der Waals surface area contributed by atoms with Crippen molar-refractivity contribution in [2.45, 2.75) is 214 Å². The normalized spacial score (nSPS) is 18.6. The van der Waals surface area contributed by atoms with Crippen LogP contribution in [-0.4, -0.2) is 213 Å². The van der Waals surface area contributed by atoms with E-state index in [1.54, 1.807) is 66.8 Å². The number of ether oxygens (including phenoxy) is 2. The molecule has 12 amide bonds. The highest BCUT2D eigenvalue weighted by atomic mass is 16.5. The van der Waals surface area contributed by atoms with Crippen LogP contribution in [0.5, 0.6) is 0 Å². The Bertz CT molecular complexity index is 2930. The first kappa shape index (κ1) is 82.7. The zero-order valence-electron chi connectivity index (χ0n) is 61.1. The number of methoxy groups -OCH3 is 2. The van der Waals surface area contributed by atoms with Crippen LogP contribution >= 0.6 is 0 Å². The molecule has 0 radical (unpaired) electrons. The number of nitrogens with one attached hydrogen (secondary N) is 8. The molecule has 548 valence electrons. The third-order valence-electron chi connectivity index (χ3n) is 19.1. The van der Waals surface area contributed by atoms with E-state index in [0.717, 1.165) is 11.1 Å². The van der Waals surface area contributed by atoms with Gasteiger partial charge in [0.15, 0.2) is 0 Å². The van der Waals surface area contributed by atoms with Crippen LogP contribution in [0.25, 0.3) is 0 Å². The maximum atomic E-state index is 14.6. The van der Waals surface area contributed by atoms with Crippen LogP contribution in [0.4, 0.5) is 10.5 Å². The molecule has 2 aliphatic heterocycles. The highest BCUT2D eigenvalue weighted by Gasteiger charge is 2.44. The van der Waals surface area contributed by atoms with Gasteiger partial charge in [-0.1, -0.05) is 111 Å². The summed E-state index contributed by atoms with van der Waals surface area (Å²) in [7, 11) is 8.42. The Labute approximate surface area is 581 Å². The predicted octanol–water partition coefficient (Wildman–Crippen LogP) is 4.28. The second kappa shape index (κ2) is 41.0. The Balaban J connectivity index is 1.40. The van der Waals surface area contributed by atoms with Gasteiger partial charge in [-0.25, -0.2) is 4.79 Å². The van der Waals surface area contributed by atoms with E-state index in [4.69, 9.17) is 15.2 Å². The van der Waals surface area contributed by atoms with Gasteiger partial charge in [-0.05, 0) is 120 Å². The van der Waals surface area contributed by atoms with Crippen LogP contribution in [0.2, 0.25) is 0 Å². The van der Waals surface area contributed by atoms with E-state index in [0.29, 0.717) is 63.8 Å². The number of hydrogen-bond acceptors (Lipinski definition) is 14. The van der Waals surface area contributed by atoms with Gasteiger partial charge in [0, 0.05) is 90.9 Å². The molecule has 26 nitrogen and oxygen atoms in total. The van der Waals surface area contributed by atoms with Crippen LogP contribution < -0.4 is 48.3 Å². The Hall–Kier alpha value is -7.71. The average Bonchev–Trinajstić information content (AvgIpc) is 1.48. The number of carbonyl (C=O) groups is 11. The molecule has 2 heterocycles. The maximum Gasteiger partial charge on any atom is 0.312 e. The first-order valence-corrected chi connectivity index (χ1v) is 35.2. The summed E-state index contributed by atoms with van der Waals surface area (Å²) in [4.78, 5) is 157. The van der Waals surface area contributed by atoms with Crippen molar-refractivity contribution < 1.29 is 62.2 Å². The van der Waals surface area contributed by atoms with Gasteiger partial charge in [0.1, 0.15) is 24.2 Å². The second-order valence-electron chi connectivity index (χ2n) is 27.8. The maximum absolute atomic E-state index is 14.6. The molecular formula is C72H117N13O13. The Kier molecular flexibility index (Phi) is 34.6. The molecule has 98 heavy (non-hydrogen) atoms. The molecule has 2 saturated heterocycles. The number of piperidine rings is 1. The number of anilines is 1. The number of hydrogen-bond donors (Lipinski definition) is 9. The minimum atomic E-state index is -1.11. The van der Waals surface area contributed by atoms with Crippen LogP contribution in [0.15, 0.2) is 54.6 Å². The van der Waals surface area contributed by atoms with Crippen LogP contribution in [0.1, 0.15) is 151 Å². The number of amides is 12. The van der Waals surface area contributed by atoms with Crippen LogP contribution in [0.3, 0.4) is 0 Å². The fourth-order valence-electron chi connectivity index (χ4n) is 13.5.